The first-order valence-electron chi connectivity index (χ1n) is 9.43. The fourth-order valence-electron chi connectivity index (χ4n) is 0. The highest BCUT2D eigenvalue weighted by molar-refractivity contribution is 7.99. The van der Waals surface area contributed by atoms with Gasteiger partial charge in [-0.3, -0.25) is 0 Å². The molecule has 0 saturated heterocycles. The lowest BCUT2D eigenvalue weighted by Crippen LogP contribution is -2.26. The SMILES string of the molecule is CC(C)(C)S(C)(=O)=O.CC(C)C.CCS(C)(=O)=O.CCSC.CSC(C)(C)C. The molecule has 0 heterocycles. The van der Waals surface area contributed by atoms with E-state index in [9.17, 15) is 16.8 Å². The molecule has 0 saturated carbocycles. The maximum absolute atomic E-state index is 10.7. The van der Waals surface area contributed by atoms with Gasteiger partial charge in [0.1, 0.15) is 9.84 Å². The Labute approximate surface area is 187 Å². The summed E-state index contributed by atoms with van der Waals surface area (Å²) in [7, 11) is -5.50. The number of sulfone groups is 2. The minimum atomic E-state index is -2.84. The van der Waals surface area contributed by atoms with Gasteiger partial charge in [-0.25, -0.2) is 16.8 Å². The molecule has 0 aromatic heterocycles. The van der Waals surface area contributed by atoms with Crippen molar-refractivity contribution in [3.63, 3.8) is 0 Å². The summed E-state index contributed by atoms with van der Waals surface area (Å²) in [6.07, 6.45) is 6.68. The van der Waals surface area contributed by atoms with Gasteiger partial charge in [-0.1, -0.05) is 55.4 Å². The highest BCUT2D eigenvalue weighted by Gasteiger charge is 2.22. The Morgan fingerprint density at radius 2 is 0.929 bits per heavy atom. The molecule has 0 fully saturated rings. The first-order valence-corrected chi connectivity index (χ1v) is 16.0. The molecule has 0 aliphatic carbocycles. The van der Waals surface area contributed by atoms with E-state index in [4.69, 9.17) is 0 Å². The van der Waals surface area contributed by atoms with E-state index in [1.807, 2.05) is 23.5 Å². The number of rotatable bonds is 2. The summed E-state index contributed by atoms with van der Waals surface area (Å²) in [5, 5.41) is 0. The average molecular weight is 483 g/mol. The highest BCUT2D eigenvalue weighted by atomic mass is 32.2. The van der Waals surface area contributed by atoms with E-state index in [1.165, 1.54) is 18.3 Å². The standard InChI is InChI=1S/C5H12O2S.C5H12S.C4H10.C3H8O2S.C3H8S/c1-5(2,3)8(4,6)7;1-5(2,3)6-4;1-4(2)3;1-3-6(2,4)5;1-3-4-2/h1-4H3;1-4H3;4H,1-3H3;3H2,1-2H3;3H2,1-2H3. The topological polar surface area (TPSA) is 68.3 Å². The van der Waals surface area contributed by atoms with Crippen LogP contribution in [0, 0.1) is 5.92 Å². The van der Waals surface area contributed by atoms with Crippen LogP contribution < -0.4 is 0 Å². The lowest BCUT2D eigenvalue weighted by molar-refractivity contribution is 0.566. The van der Waals surface area contributed by atoms with Gasteiger partial charge in [0.05, 0.1) is 4.75 Å². The zero-order valence-electron chi connectivity index (χ0n) is 21.3. The van der Waals surface area contributed by atoms with Crippen molar-refractivity contribution in [2.24, 2.45) is 5.92 Å². The van der Waals surface area contributed by atoms with Crippen molar-refractivity contribution in [1.29, 1.82) is 0 Å². The number of hydrogen-bond donors (Lipinski definition) is 0. The van der Waals surface area contributed by atoms with Crippen LogP contribution in [0.25, 0.3) is 0 Å². The van der Waals surface area contributed by atoms with Gasteiger partial charge < -0.3 is 0 Å². The Balaban J connectivity index is -0.0000000808. The van der Waals surface area contributed by atoms with E-state index >= 15 is 0 Å². The van der Waals surface area contributed by atoms with Crippen LogP contribution in [0.5, 0.6) is 0 Å². The Hall–Kier alpha value is 0.600. The Morgan fingerprint density at radius 3 is 0.929 bits per heavy atom. The molecule has 0 bridgehead atoms. The molecule has 0 N–H and O–H groups in total. The first kappa shape index (κ1) is 39.1. The molecule has 0 radical (unpaired) electrons. The quantitative estimate of drug-likeness (QED) is 0.476. The summed E-state index contributed by atoms with van der Waals surface area (Å²) in [5.41, 5.74) is 0. The maximum atomic E-state index is 10.7. The van der Waals surface area contributed by atoms with Gasteiger partial charge in [-0.05, 0) is 45.0 Å². The smallest absolute Gasteiger partial charge is 0.152 e. The van der Waals surface area contributed by atoms with E-state index in [0.717, 1.165) is 5.92 Å². The Kier molecular flexibility index (Phi) is 27.3. The molecule has 0 unspecified atom stereocenters. The monoisotopic (exact) mass is 482 g/mol. The summed E-state index contributed by atoms with van der Waals surface area (Å²) in [6.45, 7) is 21.9. The normalized spacial score (nSPS) is 11.4. The number of hydrogen-bond acceptors (Lipinski definition) is 6. The van der Waals surface area contributed by atoms with Gasteiger partial charge in [-0.15, -0.1) is 0 Å². The zero-order valence-corrected chi connectivity index (χ0v) is 24.5. The van der Waals surface area contributed by atoms with Crippen molar-refractivity contribution in [3.8, 4) is 0 Å². The average Bonchev–Trinajstić information content (AvgIpc) is 2.44. The van der Waals surface area contributed by atoms with Crippen LogP contribution in [0.1, 0.15) is 76.2 Å². The van der Waals surface area contributed by atoms with Crippen LogP contribution in [0.4, 0.5) is 0 Å². The molecule has 0 rings (SSSR count). The molecular formula is C20H50O4S4. The van der Waals surface area contributed by atoms with Gasteiger partial charge in [-0.2, -0.15) is 23.5 Å². The molecule has 0 aliphatic heterocycles. The third-order valence-electron chi connectivity index (χ3n) is 2.54. The van der Waals surface area contributed by atoms with E-state index in [-0.39, 0.29) is 5.75 Å². The van der Waals surface area contributed by atoms with Crippen molar-refractivity contribution in [1.82, 2.24) is 0 Å². The van der Waals surface area contributed by atoms with Crippen LogP contribution in [-0.2, 0) is 19.7 Å². The third kappa shape index (κ3) is 63.3. The van der Waals surface area contributed by atoms with Crippen molar-refractivity contribution < 1.29 is 16.8 Å². The van der Waals surface area contributed by atoms with Crippen LogP contribution >= 0.6 is 23.5 Å². The first-order chi connectivity index (χ1) is 12.0. The largest absolute Gasteiger partial charge is 0.229 e. The molecule has 0 aromatic carbocycles. The Morgan fingerprint density at radius 1 is 0.786 bits per heavy atom. The second-order valence-corrected chi connectivity index (χ2v) is 16.7. The van der Waals surface area contributed by atoms with Gasteiger partial charge >= 0.3 is 0 Å². The predicted molar refractivity (Wildman–Crippen MR) is 138 cm³/mol. The van der Waals surface area contributed by atoms with E-state index in [2.05, 4.69) is 61.0 Å². The van der Waals surface area contributed by atoms with Gasteiger partial charge in [0.2, 0.25) is 0 Å². The molecule has 0 amide bonds. The van der Waals surface area contributed by atoms with E-state index in [1.54, 1.807) is 27.7 Å². The molecule has 178 valence electrons. The van der Waals surface area contributed by atoms with Gasteiger partial charge in [0, 0.05) is 23.0 Å². The molecule has 8 heteroatoms. The van der Waals surface area contributed by atoms with Crippen molar-refractivity contribution in [2.75, 3.05) is 36.5 Å². The van der Waals surface area contributed by atoms with Crippen LogP contribution in [-0.4, -0.2) is 62.9 Å². The summed E-state index contributed by atoms with van der Waals surface area (Å²) < 4.78 is 41.2. The second kappa shape index (κ2) is 19.6. The minimum absolute atomic E-state index is 0.243. The lowest BCUT2D eigenvalue weighted by Gasteiger charge is -2.14. The Bertz CT molecular complexity index is 505. The fourth-order valence-corrected chi connectivity index (χ4v) is 0. The van der Waals surface area contributed by atoms with Crippen LogP contribution in [0.3, 0.4) is 0 Å². The molecule has 0 aliphatic rings. The molecular weight excluding hydrogens is 432 g/mol. The fraction of sp³-hybridized carbons (Fsp3) is 1.00. The molecule has 0 spiro atoms. The van der Waals surface area contributed by atoms with Gasteiger partial charge in [0.15, 0.2) is 9.84 Å². The predicted octanol–water partition coefficient (Wildman–Crippen LogP) is 6.06. The van der Waals surface area contributed by atoms with Crippen LogP contribution in [0.15, 0.2) is 0 Å². The number of thioether (sulfide) groups is 2. The lowest BCUT2D eigenvalue weighted by atomic mass is 10.3. The molecule has 0 atom stereocenters. The second-order valence-electron chi connectivity index (χ2n) is 8.72. The van der Waals surface area contributed by atoms with Crippen molar-refractivity contribution in [2.45, 2.75) is 85.7 Å². The summed E-state index contributed by atoms with van der Waals surface area (Å²) in [4.78, 5) is 0. The minimum Gasteiger partial charge on any atom is -0.229 e. The zero-order chi connectivity index (χ0) is 24.4. The van der Waals surface area contributed by atoms with Crippen molar-refractivity contribution >= 4 is 43.2 Å². The van der Waals surface area contributed by atoms with E-state index in [0.29, 0.717) is 4.75 Å². The summed E-state index contributed by atoms with van der Waals surface area (Å²) >= 11 is 3.74. The third-order valence-corrected chi connectivity index (χ3v) is 7.61. The maximum Gasteiger partial charge on any atom is 0.152 e. The molecule has 28 heavy (non-hydrogen) atoms. The molecule has 0 aromatic rings. The van der Waals surface area contributed by atoms with Gasteiger partial charge in [0.25, 0.3) is 0 Å². The summed E-state index contributed by atoms with van der Waals surface area (Å²) in [5.74, 6) is 2.31. The summed E-state index contributed by atoms with van der Waals surface area (Å²) in [6, 6.07) is 0. The van der Waals surface area contributed by atoms with E-state index < -0.39 is 24.4 Å². The highest BCUT2D eigenvalue weighted by Crippen LogP contribution is 2.18. The molecule has 4 nitrogen and oxygen atoms in total. The van der Waals surface area contributed by atoms with Crippen LogP contribution in [0.2, 0.25) is 0 Å². The van der Waals surface area contributed by atoms with Crippen molar-refractivity contribution in [3.05, 3.63) is 0 Å².